The van der Waals surface area contributed by atoms with Crippen molar-refractivity contribution in [3.05, 3.63) is 29.8 Å². The lowest BCUT2D eigenvalue weighted by atomic mass is 9.45. The van der Waals surface area contributed by atoms with E-state index in [9.17, 15) is 4.79 Å². The van der Waals surface area contributed by atoms with Crippen molar-refractivity contribution in [3.63, 3.8) is 0 Å². The third-order valence-corrected chi connectivity index (χ3v) is 9.69. The van der Waals surface area contributed by atoms with Gasteiger partial charge in [-0.3, -0.25) is 4.79 Å². The van der Waals surface area contributed by atoms with Crippen LogP contribution in [-0.4, -0.2) is 11.9 Å². The van der Waals surface area contributed by atoms with Gasteiger partial charge in [0.15, 0.2) is 0 Å². The molecule has 2 nitrogen and oxygen atoms in total. The third-order valence-electron chi connectivity index (χ3n) is 9.69. The summed E-state index contributed by atoms with van der Waals surface area (Å²) >= 11 is 0. The van der Waals surface area contributed by atoms with E-state index in [-0.39, 0.29) is 0 Å². The van der Waals surface area contributed by atoms with Gasteiger partial charge in [0.1, 0.15) is 17.6 Å². The molecule has 0 unspecified atom stereocenters. The van der Waals surface area contributed by atoms with E-state index < -0.39 is 0 Å². The maximum atomic E-state index is 12.1. The zero-order valence-electron chi connectivity index (χ0n) is 17.9. The number of ketones is 1. The Balaban J connectivity index is 1.36. The summed E-state index contributed by atoms with van der Waals surface area (Å²) in [5.74, 6) is 4.70. The van der Waals surface area contributed by atoms with Gasteiger partial charge in [-0.1, -0.05) is 31.5 Å². The maximum absolute atomic E-state index is 12.1. The van der Waals surface area contributed by atoms with Crippen molar-refractivity contribution < 1.29 is 9.53 Å². The standard InChI is InChI=1S/C26H36O2/c1-17-4-7-20(8-5-17)28-24-11-10-22-21-9-6-18-16-19(27)12-14-25(18,2)23(21)13-15-26(22,24)3/h4-5,7-8,18,21-24H,6,9-16H2,1-3H3/t18-,21-,22-,23-,24-,25-,26-/m0/s1. The summed E-state index contributed by atoms with van der Waals surface area (Å²) in [4.78, 5) is 12.1. The average molecular weight is 381 g/mol. The van der Waals surface area contributed by atoms with Crippen LogP contribution < -0.4 is 4.74 Å². The van der Waals surface area contributed by atoms with Crippen LogP contribution in [0.15, 0.2) is 24.3 Å². The van der Waals surface area contributed by atoms with Crippen LogP contribution in [-0.2, 0) is 4.79 Å². The maximum Gasteiger partial charge on any atom is 0.133 e. The molecule has 1 aromatic rings. The van der Waals surface area contributed by atoms with E-state index in [0.29, 0.717) is 28.6 Å². The molecule has 2 heteroatoms. The average Bonchev–Trinajstić information content (AvgIpc) is 3.00. The highest BCUT2D eigenvalue weighted by Gasteiger charge is 2.60. The molecule has 152 valence electrons. The van der Waals surface area contributed by atoms with E-state index in [2.05, 4.69) is 45.0 Å². The minimum absolute atomic E-state index is 0.319. The van der Waals surface area contributed by atoms with Crippen molar-refractivity contribution in [1.82, 2.24) is 0 Å². The number of aryl methyl sites for hydroxylation is 1. The lowest BCUT2D eigenvalue weighted by Gasteiger charge is -2.60. The lowest BCUT2D eigenvalue weighted by molar-refractivity contribution is -0.141. The molecule has 0 saturated heterocycles. The molecule has 0 spiro atoms. The number of carbonyl (C=O) groups excluding carboxylic acids is 1. The van der Waals surface area contributed by atoms with Gasteiger partial charge in [-0.2, -0.15) is 0 Å². The van der Waals surface area contributed by atoms with E-state index in [1.54, 1.807) is 0 Å². The van der Waals surface area contributed by atoms with Crippen molar-refractivity contribution in [2.45, 2.75) is 84.7 Å². The number of rotatable bonds is 2. The van der Waals surface area contributed by atoms with Crippen molar-refractivity contribution >= 4 is 5.78 Å². The Morgan fingerprint density at radius 1 is 0.893 bits per heavy atom. The van der Waals surface area contributed by atoms with Crippen LogP contribution in [0.2, 0.25) is 0 Å². The number of hydrogen-bond donors (Lipinski definition) is 0. The van der Waals surface area contributed by atoms with Gasteiger partial charge >= 0.3 is 0 Å². The first-order chi connectivity index (χ1) is 13.4. The van der Waals surface area contributed by atoms with Crippen molar-refractivity contribution in [3.8, 4) is 5.75 Å². The number of benzene rings is 1. The SMILES string of the molecule is Cc1ccc(O[C@H]2CC[C@H]3[C@@H]4CC[C@H]5CC(=O)CC[C@]5(C)[C@H]4CC[C@]23C)cc1. The molecule has 0 bridgehead atoms. The Hall–Kier alpha value is -1.31. The summed E-state index contributed by atoms with van der Waals surface area (Å²) in [6.07, 6.45) is 11.0. The first kappa shape index (κ1) is 18.7. The second-order valence-corrected chi connectivity index (χ2v) is 10.9. The van der Waals surface area contributed by atoms with Gasteiger partial charge in [-0.25, -0.2) is 0 Å². The van der Waals surface area contributed by atoms with E-state index in [1.807, 2.05) is 0 Å². The number of hydrogen-bond acceptors (Lipinski definition) is 2. The molecular formula is C26H36O2. The predicted molar refractivity (Wildman–Crippen MR) is 112 cm³/mol. The smallest absolute Gasteiger partial charge is 0.133 e. The van der Waals surface area contributed by atoms with Crippen LogP contribution in [0.25, 0.3) is 0 Å². The molecule has 0 N–H and O–H groups in total. The Labute approximate surface area is 170 Å². The summed E-state index contributed by atoms with van der Waals surface area (Å²) in [6, 6.07) is 8.60. The molecule has 0 radical (unpaired) electrons. The number of carbonyl (C=O) groups is 1. The molecule has 4 aliphatic carbocycles. The number of Topliss-reactive ketones (excluding diaryl/α,β-unsaturated/α-hetero) is 1. The molecule has 4 saturated carbocycles. The van der Waals surface area contributed by atoms with Crippen LogP contribution in [0.3, 0.4) is 0 Å². The molecule has 0 amide bonds. The second kappa shape index (κ2) is 6.61. The fraction of sp³-hybridized carbons (Fsp3) is 0.731. The minimum atomic E-state index is 0.319. The van der Waals surface area contributed by atoms with Gasteiger partial charge in [-0.15, -0.1) is 0 Å². The first-order valence-electron chi connectivity index (χ1n) is 11.7. The highest BCUT2D eigenvalue weighted by Crippen LogP contribution is 2.66. The summed E-state index contributed by atoms with van der Waals surface area (Å²) in [6.45, 7) is 7.20. The lowest BCUT2D eigenvalue weighted by Crippen LogP contribution is -2.54. The minimum Gasteiger partial charge on any atom is -0.490 e. The van der Waals surface area contributed by atoms with Crippen molar-refractivity contribution in [2.24, 2.45) is 34.5 Å². The fourth-order valence-corrected chi connectivity index (χ4v) is 7.97. The van der Waals surface area contributed by atoms with Gasteiger partial charge in [-0.05, 0) is 93.1 Å². The second-order valence-electron chi connectivity index (χ2n) is 10.9. The summed E-state index contributed by atoms with van der Waals surface area (Å²) in [7, 11) is 0. The Bertz CT molecular complexity index is 752. The van der Waals surface area contributed by atoms with E-state index in [4.69, 9.17) is 4.74 Å². The van der Waals surface area contributed by atoms with Crippen molar-refractivity contribution in [1.29, 1.82) is 0 Å². The summed E-state index contributed by atoms with van der Waals surface area (Å²) < 4.78 is 6.58. The first-order valence-corrected chi connectivity index (χ1v) is 11.7. The molecular weight excluding hydrogens is 344 g/mol. The van der Waals surface area contributed by atoms with Gasteiger partial charge in [0, 0.05) is 18.3 Å². The molecule has 1 aromatic carbocycles. The predicted octanol–water partition coefficient (Wildman–Crippen LogP) is 6.35. The van der Waals surface area contributed by atoms with Crippen LogP contribution >= 0.6 is 0 Å². The quantitative estimate of drug-likeness (QED) is 0.597. The zero-order chi connectivity index (χ0) is 19.5. The highest BCUT2D eigenvalue weighted by atomic mass is 16.5. The molecule has 0 aliphatic heterocycles. The van der Waals surface area contributed by atoms with Gasteiger partial charge < -0.3 is 4.74 Å². The molecule has 0 aromatic heterocycles. The van der Waals surface area contributed by atoms with Crippen LogP contribution in [0, 0.1) is 41.4 Å². The third kappa shape index (κ3) is 2.77. The Kier molecular flexibility index (Phi) is 4.41. The van der Waals surface area contributed by atoms with Gasteiger partial charge in [0.2, 0.25) is 0 Å². The molecule has 0 heterocycles. The van der Waals surface area contributed by atoms with E-state index in [1.165, 1.54) is 44.1 Å². The molecule has 7 atom stereocenters. The molecule has 5 rings (SSSR count). The van der Waals surface area contributed by atoms with Crippen LogP contribution in [0.1, 0.15) is 77.2 Å². The fourth-order valence-electron chi connectivity index (χ4n) is 7.97. The summed E-state index contributed by atoms with van der Waals surface area (Å²) in [5, 5.41) is 0. The molecule has 4 fully saturated rings. The summed E-state index contributed by atoms with van der Waals surface area (Å²) in [5.41, 5.74) is 2.02. The van der Waals surface area contributed by atoms with Crippen LogP contribution in [0.5, 0.6) is 5.75 Å². The monoisotopic (exact) mass is 380 g/mol. The molecule has 28 heavy (non-hydrogen) atoms. The number of ether oxygens (including phenoxy) is 1. The Morgan fingerprint density at radius 2 is 1.64 bits per heavy atom. The van der Waals surface area contributed by atoms with E-state index in [0.717, 1.165) is 42.8 Å². The van der Waals surface area contributed by atoms with Crippen molar-refractivity contribution in [2.75, 3.05) is 0 Å². The number of fused-ring (bicyclic) bond motifs is 5. The van der Waals surface area contributed by atoms with Crippen LogP contribution in [0.4, 0.5) is 0 Å². The normalized spacial score (nSPS) is 45.1. The largest absolute Gasteiger partial charge is 0.490 e. The molecule has 4 aliphatic rings. The van der Waals surface area contributed by atoms with E-state index >= 15 is 0 Å². The highest BCUT2D eigenvalue weighted by molar-refractivity contribution is 5.79. The van der Waals surface area contributed by atoms with Gasteiger partial charge in [0.25, 0.3) is 0 Å². The van der Waals surface area contributed by atoms with Gasteiger partial charge in [0.05, 0.1) is 0 Å². The Morgan fingerprint density at radius 3 is 2.43 bits per heavy atom. The topological polar surface area (TPSA) is 26.3 Å². The zero-order valence-corrected chi connectivity index (χ0v) is 17.9.